The lowest BCUT2D eigenvalue weighted by atomic mass is 10.1. The van der Waals surface area contributed by atoms with Crippen molar-refractivity contribution in [2.75, 3.05) is 23.7 Å². The smallest absolute Gasteiger partial charge is 0.232 e. The lowest BCUT2D eigenvalue weighted by Crippen LogP contribution is -2.38. The quantitative estimate of drug-likeness (QED) is 0.679. The van der Waals surface area contributed by atoms with Crippen molar-refractivity contribution in [3.8, 4) is 0 Å². The summed E-state index contributed by atoms with van der Waals surface area (Å²) in [5.41, 5.74) is 2.03. The standard InChI is InChI=1S/C20H21N3O3S/c1-27(25,26)23(18-11-5-9-17-10-6-12-22-20(17)18)14-13-21-19(24)15-16-7-3-2-4-8-16/h2-12H,13-15H2,1H3,(H,21,24). The van der Waals surface area contributed by atoms with E-state index < -0.39 is 10.0 Å². The van der Waals surface area contributed by atoms with Crippen molar-refractivity contribution < 1.29 is 13.2 Å². The number of anilines is 1. The van der Waals surface area contributed by atoms with E-state index in [4.69, 9.17) is 0 Å². The second kappa shape index (κ2) is 8.18. The number of nitrogens with zero attached hydrogens (tertiary/aromatic N) is 2. The van der Waals surface area contributed by atoms with Crippen molar-refractivity contribution >= 4 is 32.5 Å². The minimum Gasteiger partial charge on any atom is -0.354 e. The lowest BCUT2D eigenvalue weighted by Gasteiger charge is -2.23. The molecule has 3 rings (SSSR count). The minimum absolute atomic E-state index is 0.134. The van der Waals surface area contributed by atoms with Crippen LogP contribution in [0, 0.1) is 0 Å². The van der Waals surface area contributed by atoms with Gasteiger partial charge in [0.05, 0.1) is 30.4 Å². The average molecular weight is 383 g/mol. The molecule has 0 spiro atoms. The third-order valence-electron chi connectivity index (χ3n) is 4.13. The first kappa shape index (κ1) is 18.8. The van der Waals surface area contributed by atoms with E-state index in [1.165, 1.54) is 4.31 Å². The van der Waals surface area contributed by atoms with Gasteiger partial charge in [-0.1, -0.05) is 48.5 Å². The molecule has 0 unspecified atom stereocenters. The first-order chi connectivity index (χ1) is 12.9. The van der Waals surface area contributed by atoms with Gasteiger partial charge in [-0.25, -0.2) is 8.42 Å². The van der Waals surface area contributed by atoms with Crippen LogP contribution in [0.2, 0.25) is 0 Å². The first-order valence-electron chi connectivity index (χ1n) is 8.57. The summed E-state index contributed by atoms with van der Waals surface area (Å²) in [7, 11) is -3.52. The largest absolute Gasteiger partial charge is 0.354 e. The number of fused-ring (bicyclic) bond motifs is 1. The lowest BCUT2D eigenvalue weighted by molar-refractivity contribution is -0.120. The number of rotatable bonds is 7. The van der Waals surface area contributed by atoms with Gasteiger partial charge in [0.15, 0.2) is 0 Å². The van der Waals surface area contributed by atoms with E-state index in [1.54, 1.807) is 24.4 Å². The molecule has 2 aromatic carbocycles. The van der Waals surface area contributed by atoms with Gasteiger partial charge in [0.1, 0.15) is 0 Å². The van der Waals surface area contributed by atoms with E-state index in [0.717, 1.165) is 17.2 Å². The fourth-order valence-electron chi connectivity index (χ4n) is 2.89. The van der Waals surface area contributed by atoms with Crippen molar-refractivity contribution in [2.24, 2.45) is 0 Å². The molecule has 0 aliphatic heterocycles. The fraction of sp³-hybridized carbons (Fsp3) is 0.200. The number of hydrogen-bond acceptors (Lipinski definition) is 4. The van der Waals surface area contributed by atoms with Crippen LogP contribution in [-0.2, 0) is 21.2 Å². The number of carbonyl (C=O) groups excluding carboxylic acids is 1. The highest BCUT2D eigenvalue weighted by atomic mass is 32.2. The van der Waals surface area contributed by atoms with Gasteiger partial charge in [-0.2, -0.15) is 0 Å². The van der Waals surface area contributed by atoms with E-state index >= 15 is 0 Å². The van der Waals surface area contributed by atoms with Crippen LogP contribution in [0.1, 0.15) is 5.56 Å². The minimum atomic E-state index is -3.52. The number of hydrogen-bond donors (Lipinski definition) is 1. The van der Waals surface area contributed by atoms with Gasteiger partial charge in [-0.15, -0.1) is 0 Å². The van der Waals surface area contributed by atoms with E-state index in [9.17, 15) is 13.2 Å². The Kier molecular flexibility index (Phi) is 5.71. The Morgan fingerprint density at radius 3 is 2.52 bits per heavy atom. The zero-order chi connectivity index (χ0) is 19.3. The summed E-state index contributed by atoms with van der Waals surface area (Å²) in [5.74, 6) is -0.148. The molecule has 1 aromatic heterocycles. The molecule has 0 bridgehead atoms. The second-order valence-electron chi connectivity index (χ2n) is 6.20. The van der Waals surface area contributed by atoms with Gasteiger partial charge < -0.3 is 5.32 Å². The third-order valence-corrected chi connectivity index (χ3v) is 5.30. The number of pyridine rings is 1. The molecule has 0 fully saturated rings. The molecule has 27 heavy (non-hydrogen) atoms. The van der Waals surface area contributed by atoms with Crippen molar-refractivity contribution in [3.05, 3.63) is 72.4 Å². The number of amides is 1. The molecular formula is C20H21N3O3S. The first-order valence-corrected chi connectivity index (χ1v) is 10.4. The number of sulfonamides is 1. The number of para-hydroxylation sites is 1. The second-order valence-corrected chi connectivity index (χ2v) is 8.11. The molecule has 0 saturated heterocycles. The van der Waals surface area contributed by atoms with Gasteiger partial charge in [0, 0.05) is 18.1 Å². The van der Waals surface area contributed by atoms with Crippen molar-refractivity contribution in [3.63, 3.8) is 0 Å². The molecule has 3 aromatic rings. The maximum absolute atomic E-state index is 12.3. The summed E-state index contributed by atoms with van der Waals surface area (Å²) in [6, 6.07) is 18.5. The molecule has 0 radical (unpaired) electrons. The number of carbonyl (C=O) groups is 1. The molecule has 1 amide bonds. The van der Waals surface area contributed by atoms with E-state index in [2.05, 4.69) is 10.3 Å². The highest BCUT2D eigenvalue weighted by Gasteiger charge is 2.20. The normalized spacial score (nSPS) is 11.3. The number of benzene rings is 2. The van der Waals surface area contributed by atoms with E-state index in [0.29, 0.717) is 11.2 Å². The number of aromatic nitrogens is 1. The van der Waals surface area contributed by atoms with Gasteiger partial charge in [0.2, 0.25) is 15.9 Å². The Morgan fingerprint density at radius 2 is 1.78 bits per heavy atom. The van der Waals surface area contributed by atoms with Crippen LogP contribution in [0.4, 0.5) is 5.69 Å². The van der Waals surface area contributed by atoms with Crippen LogP contribution in [0.25, 0.3) is 10.9 Å². The van der Waals surface area contributed by atoms with Gasteiger partial charge in [-0.05, 0) is 17.7 Å². The summed E-state index contributed by atoms with van der Waals surface area (Å²) >= 11 is 0. The summed E-state index contributed by atoms with van der Waals surface area (Å²) in [6.07, 6.45) is 3.05. The van der Waals surface area contributed by atoms with Crippen LogP contribution in [0.15, 0.2) is 66.9 Å². The van der Waals surface area contributed by atoms with Crippen LogP contribution >= 0.6 is 0 Å². The molecular weight excluding hydrogens is 362 g/mol. The van der Waals surface area contributed by atoms with Crippen molar-refractivity contribution in [1.29, 1.82) is 0 Å². The number of nitrogens with one attached hydrogen (secondary N) is 1. The monoisotopic (exact) mass is 383 g/mol. The Morgan fingerprint density at radius 1 is 1.04 bits per heavy atom. The van der Waals surface area contributed by atoms with Gasteiger partial charge in [0.25, 0.3) is 0 Å². The molecule has 0 aliphatic carbocycles. The van der Waals surface area contributed by atoms with E-state index in [-0.39, 0.29) is 25.4 Å². The molecule has 0 saturated carbocycles. The van der Waals surface area contributed by atoms with Crippen LogP contribution in [0.5, 0.6) is 0 Å². The van der Waals surface area contributed by atoms with Crippen LogP contribution < -0.4 is 9.62 Å². The van der Waals surface area contributed by atoms with Crippen molar-refractivity contribution in [2.45, 2.75) is 6.42 Å². The van der Waals surface area contributed by atoms with E-state index in [1.807, 2.05) is 42.5 Å². The summed E-state index contributed by atoms with van der Waals surface area (Å²) in [5, 5.41) is 3.64. The van der Waals surface area contributed by atoms with Gasteiger partial charge >= 0.3 is 0 Å². The molecule has 140 valence electrons. The highest BCUT2D eigenvalue weighted by molar-refractivity contribution is 7.92. The summed E-state index contributed by atoms with van der Waals surface area (Å²) < 4.78 is 25.9. The molecule has 1 heterocycles. The van der Waals surface area contributed by atoms with Crippen molar-refractivity contribution in [1.82, 2.24) is 10.3 Å². The Balaban J connectivity index is 1.72. The summed E-state index contributed by atoms with van der Waals surface area (Å²) in [6.45, 7) is 0.344. The average Bonchev–Trinajstić information content (AvgIpc) is 2.65. The SMILES string of the molecule is CS(=O)(=O)N(CCNC(=O)Cc1ccccc1)c1cccc2cccnc12. The van der Waals surface area contributed by atoms with Crippen LogP contribution in [0.3, 0.4) is 0 Å². The topological polar surface area (TPSA) is 79.4 Å². The molecule has 0 aliphatic rings. The molecule has 6 nitrogen and oxygen atoms in total. The maximum atomic E-state index is 12.3. The summed E-state index contributed by atoms with van der Waals surface area (Å²) in [4.78, 5) is 16.4. The molecule has 0 atom stereocenters. The highest BCUT2D eigenvalue weighted by Crippen LogP contribution is 2.26. The molecule has 1 N–H and O–H groups in total. The Hall–Kier alpha value is -2.93. The zero-order valence-electron chi connectivity index (χ0n) is 15.0. The van der Waals surface area contributed by atoms with Gasteiger partial charge in [-0.3, -0.25) is 14.1 Å². The zero-order valence-corrected chi connectivity index (χ0v) is 15.8. The maximum Gasteiger partial charge on any atom is 0.232 e. The third kappa shape index (κ3) is 4.83. The fourth-order valence-corrected chi connectivity index (χ4v) is 3.82. The predicted octanol–water partition coefficient (Wildman–Crippen LogP) is 2.36. The molecule has 7 heteroatoms. The van der Waals surface area contributed by atoms with Crippen LogP contribution in [-0.4, -0.2) is 38.7 Å². The predicted molar refractivity (Wildman–Crippen MR) is 107 cm³/mol. The Labute approximate surface area is 158 Å². The Bertz CT molecular complexity index is 1030.